The Morgan fingerprint density at radius 1 is 1.24 bits per heavy atom. The SMILES string of the molecule is C[S+]([O-])Nc1cccc(Nc2ncc(-c3ccc(C#N)c(F)c3)o2)c1. The second-order valence-corrected chi connectivity index (χ2v) is 6.21. The van der Waals surface area contributed by atoms with Gasteiger partial charge in [-0.2, -0.15) is 5.26 Å². The molecule has 0 saturated carbocycles. The zero-order chi connectivity index (χ0) is 17.8. The molecule has 1 heterocycles. The molecule has 25 heavy (non-hydrogen) atoms. The molecule has 8 heteroatoms. The Hall–Kier alpha value is -3.02. The van der Waals surface area contributed by atoms with Crippen LogP contribution in [-0.4, -0.2) is 15.8 Å². The Bertz CT molecular complexity index is 936. The van der Waals surface area contributed by atoms with Gasteiger partial charge in [0.15, 0.2) is 5.76 Å². The maximum atomic E-state index is 13.7. The van der Waals surface area contributed by atoms with Gasteiger partial charge in [0, 0.05) is 11.3 Å². The highest BCUT2D eigenvalue weighted by molar-refractivity contribution is 7.92. The second-order valence-electron chi connectivity index (χ2n) is 5.10. The molecule has 6 nitrogen and oxygen atoms in total. The van der Waals surface area contributed by atoms with Crippen LogP contribution in [-0.2, 0) is 11.4 Å². The molecular weight excluding hydrogens is 343 g/mol. The minimum absolute atomic E-state index is 0.0285. The van der Waals surface area contributed by atoms with E-state index < -0.39 is 17.2 Å². The highest BCUT2D eigenvalue weighted by Crippen LogP contribution is 2.26. The fraction of sp³-hybridized carbons (Fsp3) is 0.0588. The summed E-state index contributed by atoms with van der Waals surface area (Å²) in [6, 6.07) is 13.3. The first kappa shape index (κ1) is 16.8. The maximum Gasteiger partial charge on any atom is 0.299 e. The number of anilines is 3. The molecule has 2 N–H and O–H groups in total. The van der Waals surface area contributed by atoms with Crippen LogP contribution in [0.2, 0.25) is 0 Å². The number of halogens is 1. The van der Waals surface area contributed by atoms with Gasteiger partial charge in [0.25, 0.3) is 6.01 Å². The molecule has 0 aliphatic carbocycles. The summed E-state index contributed by atoms with van der Waals surface area (Å²) in [5, 5.41) is 11.7. The number of nitrogens with zero attached hydrogens (tertiary/aromatic N) is 2. The zero-order valence-electron chi connectivity index (χ0n) is 13.1. The van der Waals surface area contributed by atoms with E-state index in [1.807, 2.05) is 0 Å². The summed E-state index contributed by atoms with van der Waals surface area (Å²) < 4.78 is 33.3. The van der Waals surface area contributed by atoms with Gasteiger partial charge in [-0.25, -0.2) is 14.1 Å². The Labute approximate surface area is 146 Å². The van der Waals surface area contributed by atoms with Crippen molar-refractivity contribution in [2.75, 3.05) is 16.3 Å². The summed E-state index contributed by atoms with van der Waals surface area (Å²) in [5.41, 5.74) is 1.83. The van der Waals surface area contributed by atoms with Crippen LogP contribution < -0.4 is 10.0 Å². The van der Waals surface area contributed by atoms with Gasteiger partial charge in [0.1, 0.15) is 18.1 Å². The van der Waals surface area contributed by atoms with Crippen LogP contribution in [0.15, 0.2) is 53.1 Å². The molecule has 1 unspecified atom stereocenters. The van der Waals surface area contributed by atoms with Crippen molar-refractivity contribution in [2.45, 2.75) is 0 Å². The third-order valence-electron chi connectivity index (χ3n) is 3.26. The largest absolute Gasteiger partial charge is 0.593 e. The van der Waals surface area contributed by atoms with Crippen LogP contribution in [0.3, 0.4) is 0 Å². The normalized spacial score (nSPS) is 11.6. The number of aromatic nitrogens is 1. The van der Waals surface area contributed by atoms with E-state index in [4.69, 9.17) is 9.68 Å². The van der Waals surface area contributed by atoms with Gasteiger partial charge in [0.05, 0.1) is 28.8 Å². The van der Waals surface area contributed by atoms with Gasteiger partial charge in [-0.15, -0.1) is 0 Å². The zero-order valence-corrected chi connectivity index (χ0v) is 13.9. The standard InChI is InChI=1S/C17H13FN4O2S/c1-25(23)22-14-4-2-3-13(8-14)21-17-20-10-16(24-17)11-5-6-12(9-19)15(18)7-11/h2-8,10,22H,1H3,(H,20,21). The van der Waals surface area contributed by atoms with E-state index in [-0.39, 0.29) is 11.6 Å². The summed E-state index contributed by atoms with van der Waals surface area (Å²) in [7, 11) is 0. The first-order chi connectivity index (χ1) is 12.0. The van der Waals surface area contributed by atoms with E-state index in [1.165, 1.54) is 24.6 Å². The van der Waals surface area contributed by atoms with Crippen LogP contribution in [0.5, 0.6) is 0 Å². The van der Waals surface area contributed by atoms with Gasteiger partial charge in [-0.1, -0.05) is 6.07 Å². The number of rotatable bonds is 5. The third-order valence-corrected chi connectivity index (χ3v) is 3.78. The Morgan fingerprint density at radius 2 is 2.04 bits per heavy atom. The van der Waals surface area contributed by atoms with Gasteiger partial charge in [0.2, 0.25) is 0 Å². The lowest BCUT2D eigenvalue weighted by Gasteiger charge is -2.08. The van der Waals surface area contributed by atoms with Crippen LogP contribution in [0.1, 0.15) is 5.56 Å². The minimum atomic E-state index is -1.17. The molecule has 0 bridgehead atoms. The van der Waals surface area contributed by atoms with E-state index in [9.17, 15) is 8.94 Å². The molecule has 126 valence electrons. The van der Waals surface area contributed by atoms with Crippen molar-refractivity contribution < 1.29 is 13.4 Å². The van der Waals surface area contributed by atoms with Crippen LogP contribution >= 0.6 is 0 Å². The quantitative estimate of drug-likeness (QED) is 0.675. The van der Waals surface area contributed by atoms with Crippen LogP contribution in [0.25, 0.3) is 11.3 Å². The molecule has 0 spiro atoms. The lowest BCUT2D eigenvalue weighted by Crippen LogP contribution is -2.09. The van der Waals surface area contributed by atoms with Crippen molar-refractivity contribution in [1.82, 2.24) is 4.98 Å². The summed E-state index contributed by atoms with van der Waals surface area (Å²) in [6.45, 7) is 0. The summed E-state index contributed by atoms with van der Waals surface area (Å²) in [5.74, 6) is -0.243. The fourth-order valence-corrected chi connectivity index (χ4v) is 2.63. The number of nitriles is 1. The molecule has 0 aliphatic rings. The van der Waals surface area contributed by atoms with Gasteiger partial charge < -0.3 is 14.3 Å². The summed E-state index contributed by atoms with van der Waals surface area (Å²) in [6.07, 6.45) is 3.00. The maximum absolute atomic E-state index is 13.7. The molecule has 1 atom stereocenters. The van der Waals surface area contributed by atoms with E-state index in [1.54, 1.807) is 36.4 Å². The average Bonchev–Trinajstić information content (AvgIpc) is 3.03. The second kappa shape index (κ2) is 7.25. The molecule has 3 rings (SSSR count). The first-order valence-electron chi connectivity index (χ1n) is 7.18. The van der Waals surface area contributed by atoms with Crippen LogP contribution in [0.4, 0.5) is 21.8 Å². The number of nitrogens with one attached hydrogen (secondary N) is 2. The molecule has 3 aromatic rings. The van der Waals surface area contributed by atoms with Crippen molar-refractivity contribution in [3.8, 4) is 17.4 Å². The lowest BCUT2D eigenvalue weighted by atomic mass is 10.1. The first-order valence-corrected chi connectivity index (χ1v) is 8.74. The molecule has 1 aromatic heterocycles. The van der Waals surface area contributed by atoms with Crippen molar-refractivity contribution in [3.05, 3.63) is 60.0 Å². The lowest BCUT2D eigenvalue weighted by molar-refractivity contribution is 0.589. The van der Waals surface area contributed by atoms with E-state index in [2.05, 4.69) is 15.0 Å². The molecule has 0 saturated heterocycles. The third kappa shape index (κ3) is 4.09. The van der Waals surface area contributed by atoms with Crippen molar-refractivity contribution in [3.63, 3.8) is 0 Å². The predicted molar refractivity (Wildman–Crippen MR) is 94.0 cm³/mol. The molecular formula is C17H13FN4O2S. The fourth-order valence-electron chi connectivity index (χ4n) is 2.17. The molecule has 2 aromatic carbocycles. The van der Waals surface area contributed by atoms with Crippen molar-refractivity contribution >= 4 is 28.8 Å². The molecule has 0 fully saturated rings. The summed E-state index contributed by atoms with van der Waals surface area (Å²) in [4.78, 5) is 4.11. The molecule has 0 radical (unpaired) electrons. The average molecular weight is 356 g/mol. The topological polar surface area (TPSA) is 96.9 Å². The van der Waals surface area contributed by atoms with Gasteiger partial charge >= 0.3 is 0 Å². The Morgan fingerprint density at radius 3 is 2.76 bits per heavy atom. The van der Waals surface area contributed by atoms with E-state index in [0.717, 1.165) is 0 Å². The van der Waals surface area contributed by atoms with E-state index >= 15 is 0 Å². The van der Waals surface area contributed by atoms with Crippen molar-refractivity contribution in [1.29, 1.82) is 5.26 Å². The Kier molecular flexibility index (Phi) is 4.88. The monoisotopic (exact) mass is 356 g/mol. The highest BCUT2D eigenvalue weighted by atomic mass is 32.2. The van der Waals surface area contributed by atoms with Crippen LogP contribution in [0, 0.1) is 17.1 Å². The highest BCUT2D eigenvalue weighted by Gasteiger charge is 2.10. The van der Waals surface area contributed by atoms with Gasteiger partial charge in [-0.05, 0) is 36.4 Å². The Balaban J connectivity index is 1.78. The number of hydrogen-bond donors (Lipinski definition) is 2. The predicted octanol–water partition coefficient (Wildman–Crippen LogP) is 3.80. The number of oxazole rings is 1. The number of benzene rings is 2. The van der Waals surface area contributed by atoms with E-state index in [0.29, 0.717) is 22.7 Å². The number of hydrogen-bond acceptors (Lipinski definition) is 6. The van der Waals surface area contributed by atoms with Gasteiger partial charge in [-0.3, -0.25) is 0 Å². The summed E-state index contributed by atoms with van der Waals surface area (Å²) >= 11 is -1.17. The van der Waals surface area contributed by atoms with Crippen molar-refractivity contribution in [2.24, 2.45) is 0 Å². The smallest absolute Gasteiger partial charge is 0.299 e. The molecule has 0 amide bonds. The minimum Gasteiger partial charge on any atom is -0.593 e. The molecule has 0 aliphatic heterocycles.